The minimum Gasteiger partial charge on any atom is -0.497 e. The minimum atomic E-state index is -2.77. The summed E-state index contributed by atoms with van der Waals surface area (Å²) in [6.45, 7) is 12.5. The number of ether oxygens (including phenoxy) is 3. The van der Waals surface area contributed by atoms with E-state index in [9.17, 15) is 24.0 Å². The van der Waals surface area contributed by atoms with Gasteiger partial charge in [-0.25, -0.2) is 4.90 Å². The molecule has 0 aliphatic carbocycles. The quantitative estimate of drug-likeness (QED) is 0.0400. The summed E-state index contributed by atoms with van der Waals surface area (Å²) in [5.74, 6) is -3.06. The van der Waals surface area contributed by atoms with E-state index in [-0.39, 0.29) is 34.4 Å². The molecule has 0 aromatic heterocycles. The van der Waals surface area contributed by atoms with Crippen LogP contribution in [0.4, 0.5) is 11.4 Å². The average molecular weight is 734 g/mol. The first kappa shape index (κ1) is 40.0. The van der Waals surface area contributed by atoms with Gasteiger partial charge in [0.25, 0.3) is 22.7 Å². The normalized spacial score (nSPS) is 14.7. The summed E-state index contributed by atoms with van der Waals surface area (Å²) in [6.07, 6.45) is 2.58. The number of benzene rings is 3. The van der Waals surface area contributed by atoms with Gasteiger partial charge >= 0.3 is 0 Å². The van der Waals surface area contributed by atoms with Crippen LogP contribution in [0.5, 0.6) is 11.5 Å². The summed E-state index contributed by atoms with van der Waals surface area (Å²) >= 11 is 6.74. The number of nitrogens with zero attached hydrogens (tertiary/aromatic N) is 1. The zero-order valence-corrected chi connectivity index (χ0v) is 31.6. The van der Waals surface area contributed by atoms with Crippen LogP contribution in [-0.4, -0.2) is 66.2 Å². The molecule has 0 spiro atoms. The van der Waals surface area contributed by atoms with Gasteiger partial charge in [0.05, 0.1) is 13.7 Å². The van der Waals surface area contributed by atoms with Crippen molar-refractivity contribution in [3.8, 4) is 11.5 Å². The lowest BCUT2D eigenvalue weighted by molar-refractivity contribution is -0.163. The maximum Gasteiger partial charge on any atom is 0.274 e. The second-order valence-corrected chi connectivity index (χ2v) is 14.6. The van der Waals surface area contributed by atoms with Gasteiger partial charge in [0, 0.05) is 28.9 Å². The van der Waals surface area contributed by atoms with Gasteiger partial charge in [-0.2, -0.15) is 0 Å². The molecule has 3 aromatic carbocycles. The molecule has 278 valence electrons. The topological polar surface area (TPSA) is 140 Å². The lowest BCUT2D eigenvalue weighted by Crippen LogP contribution is -2.65. The molecule has 2 N–H and O–H groups in total. The van der Waals surface area contributed by atoms with Crippen molar-refractivity contribution in [2.75, 3.05) is 37.6 Å². The molecule has 4 amide bonds. The number of carbonyl (C=O) groups is 5. The highest BCUT2D eigenvalue weighted by atomic mass is 35.5. The number of amides is 4. The largest absolute Gasteiger partial charge is 0.497 e. The van der Waals surface area contributed by atoms with Gasteiger partial charge in [0.15, 0.2) is 0 Å². The van der Waals surface area contributed by atoms with Gasteiger partial charge < -0.3 is 24.8 Å². The van der Waals surface area contributed by atoms with Crippen molar-refractivity contribution < 1.29 is 38.2 Å². The van der Waals surface area contributed by atoms with Crippen molar-refractivity contribution >= 4 is 52.4 Å². The number of methoxy groups -OCH3 is 1. The molecule has 11 nitrogen and oxygen atoms in total. The number of anilines is 2. The number of hydrogen-bond acceptors (Lipinski definition) is 8. The highest BCUT2D eigenvalue weighted by molar-refractivity contribution is 6.51. The van der Waals surface area contributed by atoms with Gasteiger partial charge in [-0.05, 0) is 84.2 Å². The molecule has 0 radical (unpaired) electrons. The monoisotopic (exact) mass is 733 g/mol. The molecule has 1 aliphatic heterocycles. The zero-order valence-electron chi connectivity index (χ0n) is 30.9. The summed E-state index contributed by atoms with van der Waals surface area (Å²) in [4.78, 5) is 63.8. The number of ketones is 1. The zero-order chi connectivity index (χ0) is 38.3. The van der Waals surface area contributed by atoms with Crippen LogP contribution in [0.1, 0.15) is 88.7 Å². The van der Waals surface area contributed by atoms with E-state index < -0.39 is 41.7 Å². The number of morpholine rings is 1. The van der Waals surface area contributed by atoms with Gasteiger partial charge in [-0.15, -0.1) is 0 Å². The standard InChI is InChI=1S/C40H48ClN3O8/c1-8-38(3,4)27-17-20-32(31(22-27)39(5,6)9-2)52-21-11-14-33(45)42-28-12-10-13-29(23-28)43-37(49)40(41,44-34(46)24-51-25-35(44)47)36(48)26-15-18-30(50-7)19-16-26/h10,12-13,15-20,22-23H,8-9,11,14,21,24-25H2,1-7H3,(H,42,45)(H,43,49). The summed E-state index contributed by atoms with van der Waals surface area (Å²) in [5.41, 5.74) is 2.85. The second kappa shape index (κ2) is 16.7. The number of alkyl halides is 1. The van der Waals surface area contributed by atoms with E-state index >= 15 is 0 Å². The summed E-state index contributed by atoms with van der Waals surface area (Å²) in [6, 6.07) is 18.3. The highest BCUT2D eigenvalue weighted by Crippen LogP contribution is 2.38. The number of nitrogens with one attached hydrogen (secondary N) is 2. The number of rotatable bonds is 16. The Morgan fingerprint density at radius 3 is 2.06 bits per heavy atom. The smallest absolute Gasteiger partial charge is 0.274 e. The van der Waals surface area contributed by atoms with Gasteiger partial charge in [-0.1, -0.05) is 71.3 Å². The third-order valence-electron chi connectivity index (χ3n) is 9.68. The highest BCUT2D eigenvalue weighted by Gasteiger charge is 2.55. The SMILES string of the molecule is CCC(C)(C)c1ccc(OCCCC(=O)Nc2cccc(NC(=O)C(Cl)(C(=O)c3ccc(OC)cc3)N3C(=O)COCC3=O)c2)c(C(C)(C)CC)c1. The molecule has 1 heterocycles. The van der Waals surface area contributed by atoms with Crippen LogP contribution in [0, 0.1) is 0 Å². The molecule has 0 saturated carbocycles. The van der Waals surface area contributed by atoms with Crippen molar-refractivity contribution in [3.05, 3.63) is 83.4 Å². The van der Waals surface area contributed by atoms with Crippen LogP contribution in [0.15, 0.2) is 66.7 Å². The number of Topliss-reactive ketones (excluding diaryl/α,β-unsaturated/α-hetero) is 1. The van der Waals surface area contributed by atoms with Crippen molar-refractivity contribution in [1.82, 2.24) is 4.90 Å². The number of imide groups is 1. The minimum absolute atomic E-state index is 0.0363. The number of halogens is 1. The first-order chi connectivity index (χ1) is 24.6. The van der Waals surface area contributed by atoms with Crippen LogP contribution in [-0.2, 0) is 34.7 Å². The lowest BCUT2D eigenvalue weighted by Gasteiger charge is -2.37. The Hall–Kier alpha value is -4.74. The number of hydrogen-bond donors (Lipinski definition) is 2. The Bertz CT molecular complexity index is 1790. The van der Waals surface area contributed by atoms with Gasteiger partial charge in [-0.3, -0.25) is 24.0 Å². The fourth-order valence-corrected chi connectivity index (χ4v) is 5.95. The van der Waals surface area contributed by atoms with Crippen LogP contribution in [0.3, 0.4) is 0 Å². The Labute approximate surface area is 310 Å². The maximum absolute atomic E-state index is 13.8. The fourth-order valence-electron chi connectivity index (χ4n) is 5.60. The Morgan fingerprint density at radius 1 is 0.846 bits per heavy atom. The van der Waals surface area contributed by atoms with Crippen molar-refractivity contribution in [3.63, 3.8) is 0 Å². The van der Waals surface area contributed by atoms with Crippen LogP contribution in [0.25, 0.3) is 0 Å². The molecule has 4 rings (SSSR count). The van der Waals surface area contributed by atoms with Gasteiger partial charge in [0.1, 0.15) is 24.7 Å². The summed E-state index contributed by atoms with van der Waals surface area (Å²) < 4.78 is 16.3. The Kier molecular flexibility index (Phi) is 12.9. The molecule has 1 atom stereocenters. The molecule has 1 aliphatic rings. The van der Waals surface area contributed by atoms with E-state index in [0.29, 0.717) is 29.4 Å². The van der Waals surface area contributed by atoms with E-state index in [0.717, 1.165) is 24.2 Å². The predicted molar refractivity (Wildman–Crippen MR) is 200 cm³/mol. The molecular weight excluding hydrogens is 686 g/mol. The van der Waals surface area contributed by atoms with Crippen LogP contribution in [0.2, 0.25) is 0 Å². The van der Waals surface area contributed by atoms with E-state index in [1.54, 1.807) is 12.1 Å². The molecule has 3 aromatic rings. The van der Waals surface area contributed by atoms with E-state index in [1.807, 2.05) is 6.07 Å². The summed E-state index contributed by atoms with van der Waals surface area (Å²) in [5, 5.41) is 5.35. The molecule has 52 heavy (non-hydrogen) atoms. The molecular formula is C40H48ClN3O8. The first-order valence-corrected chi connectivity index (χ1v) is 17.8. The van der Waals surface area contributed by atoms with E-state index in [2.05, 4.69) is 64.3 Å². The van der Waals surface area contributed by atoms with Crippen molar-refractivity contribution in [1.29, 1.82) is 0 Å². The van der Waals surface area contributed by atoms with Crippen LogP contribution >= 0.6 is 11.6 Å². The third-order valence-corrected chi connectivity index (χ3v) is 10.2. The van der Waals surface area contributed by atoms with Crippen molar-refractivity contribution in [2.24, 2.45) is 0 Å². The van der Waals surface area contributed by atoms with E-state index in [4.69, 9.17) is 25.8 Å². The molecule has 1 unspecified atom stereocenters. The maximum atomic E-state index is 13.8. The Morgan fingerprint density at radius 2 is 1.46 bits per heavy atom. The third kappa shape index (κ3) is 9.00. The molecule has 1 fully saturated rings. The predicted octanol–water partition coefficient (Wildman–Crippen LogP) is 7.01. The first-order valence-electron chi connectivity index (χ1n) is 17.4. The van der Waals surface area contributed by atoms with E-state index in [1.165, 1.54) is 49.1 Å². The van der Waals surface area contributed by atoms with Crippen molar-refractivity contribution in [2.45, 2.75) is 83.1 Å². The molecule has 1 saturated heterocycles. The number of carbonyl (C=O) groups excluding carboxylic acids is 5. The van der Waals surface area contributed by atoms with Crippen LogP contribution < -0.4 is 20.1 Å². The second-order valence-electron chi connectivity index (χ2n) is 14.0. The lowest BCUT2D eigenvalue weighted by atomic mass is 9.76. The fraction of sp³-hybridized carbons (Fsp3) is 0.425. The van der Waals surface area contributed by atoms with Gasteiger partial charge in [0.2, 0.25) is 11.7 Å². The molecule has 12 heteroatoms. The average Bonchev–Trinajstić information content (AvgIpc) is 3.13. The molecule has 0 bridgehead atoms. The summed E-state index contributed by atoms with van der Waals surface area (Å²) in [7, 11) is 1.45. The Balaban J connectivity index is 1.43.